The van der Waals surface area contributed by atoms with E-state index < -0.39 is 0 Å². The summed E-state index contributed by atoms with van der Waals surface area (Å²) < 4.78 is 5.29. The molecule has 2 aliphatic heterocycles. The second-order valence-corrected chi connectivity index (χ2v) is 4.57. The molecule has 1 N–H and O–H groups in total. The maximum Gasteiger partial charge on any atom is 0.223 e. The molecule has 94 valence electrons. The van der Waals surface area contributed by atoms with Crippen molar-refractivity contribution in [1.82, 2.24) is 10.2 Å². The van der Waals surface area contributed by atoms with Gasteiger partial charge in [-0.05, 0) is 19.3 Å². The Morgan fingerprint density at radius 3 is 3.00 bits per heavy atom. The van der Waals surface area contributed by atoms with Crippen LogP contribution in [0.2, 0.25) is 0 Å². The fourth-order valence-electron chi connectivity index (χ4n) is 2.32. The van der Waals surface area contributed by atoms with Gasteiger partial charge >= 0.3 is 0 Å². The molecule has 1 amide bonds. The summed E-state index contributed by atoms with van der Waals surface area (Å²) in [5.41, 5.74) is 0. The lowest BCUT2D eigenvalue weighted by molar-refractivity contribution is -0.135. The van der Waals surface area contributed by atoms with Crippen molar-refractivity contribution in [1.29, 1.82) is 0 Å². The van der Waals surface area contributed by atoms with Crippen LogP contribution in [0.15, 0.2) is 0 Å². The SMILES string of the molecule is CC1CNCCN1C(=O)CC1CCOC1.Cl. The molecule has 0 radical (unpaired) electrons. The first-order chi connectivity index (χ1) is 7.27. The number of amides is 1. The first-order valence-electron chi connectivity index (χ1n) is 5.85. The van der Waals surface area contributed by atoms with Crippen molar-refractivity contribution in [2.75, 3.05) is 32.8 Å². The van der Waals surface area contributed by atoms with Crippen LogP contribution >= 0.6 is 12.4 Å². The molecule has 0 aromatic heterocycles. The Morgan fingerprint density at radius 2 is 2.38 bits per heavy atom. The highest BCUT2D eigenvalue weighted by Gasteiger charge is 2.26. The van der Waals surface area contributed by atoms with Crippen LogP contribution in [0.25, 0.3) is 0 Å². The van der Waals surface area contributed by atoms with Gasteiger partial charge in [0.1, 0.15) is 0 Å². The Bertz CT molecular complexity index is 232. The molecule has 2 atom stereocenters. The average Bonchev–Trinajstić information content (AvgIpc) is 2.71. The molecular weight excluding hydrogens is 228 g/mol. The standard InChI is InChI=1S/C11H20N2O2.ClH/c1-9-7-12-3-4-13(9)11(14)6-10-2-5-15-8-10;/h9-10,12H,2-8H2,1H3;1H. The topological polar surface area (TPSA) is 41.6 Å². The summed E-state index contributed by atoms with van der Waals surface area (Å²) in [6, 6.07) is 0.341. The molecule has 16 heavy (non-hydrogen) atoms. The fourth-order valence-corrected chi connectivity index (χ4v) is 2.32. The summed E-state index contributed by atoms with van der Waals surface area (Å²) in [7, 11) is 0. The molecule has 2 rings (SSSR count). The van der Waals surface area contributed by atoms with E-state index in [9.17, 15) is 4.79 Å². The van der Waals surface area contributed by atoms with Crippen LogP contribution < -0.4 is 5.32 Å². The second kappa shape index (κ2) is 6.42. The Balaban J connectivity index is 0.00000128. The number of hydrogen-bond acceptors (Lipinski definition) is 3. The van der Waals surface area contributed by atoms with Gasteiger partial charge in [-0.3, -0.25) is 4.79 Å². The predicted octanol–water partition coefficient (Wildman–Crippen LogP) is 0.655. The first kappa shape index (κ1) is 13.7. The monoisotopic (exact) mass is 248 g/mol. The van der Waals surface area contributed by atoms with Crippen LogP contribution in [0.5, 0.6) is 0 Å². The Morgan fingerprint density at radius 1 is 1.56 bits per heavy atom. The van der Waals surface area contributed by atoms with E-state index in [4.69, 9.17) is 4.74 Å². The smallest absolute Gasteiger partial charge is 0.223 e. The van der Waals surface area contributed by atoms with Crippen molar-refractivity contribution in [3.8, 4) is 0 Å². The van der Waals surface area contributed by atoms with Gasteiger partial charge in [-0.25, -0.2) is 0 Å². The number of ether oxygens (including phenoxy) is 1. The summed E-state index contributed by atoms with van der Waals surface area (Å²) >= 11 is 0. The van der Waals surface area contributed by atoms with Gasteiger partial charge < -0.3 is 15.0 Å². The third kappa shape index (κ3) is 3.34. The van der Waals surface area contributed by atoms with E-state index in [1.807, 2.05) is 4.90 Å². The molecule has 0 aromatic carbocycles. The predicted molar refractivity (Wildman–Crippen MR) is 64.8 cm³/mol. The minimum Gasteiger partial charge on any atom is -0.381 e. The van der Waals surface area contributed by atoms with Crippen molar-refractivity contribution in [3.05, 3.63) is 0 Å². The molecule has 0 saturated carbocycles. The van der Waals surface area contributed by atoms with Gasteiger partial charge in [0.15, 0.2) is 0 Å². The first-order valence-corrected chi connectivity index (χ1v) is 5.85. The largest absolute Gasteiger partial charge is 0.381 e. The molecule has 2 saturated heterocycles. The number of rotatable bonds is 2. The normalized spacial score (nSPS) is 29.9. The van der Waals surface area contributed by atoms with E-state index in [2.05, 4.69) is 12.2 Å². The maximum absolute atomic E-state index is 12.0. The summed E-state index contributed by atoms with van der Waals surface area (Å²) in [6.07, 6.45) is 1.72. The third-order valence-electron chi connectivity index (χ3n) is 3.31. The van der Waals surface area contributed by atoms with E-state index >= 15 is 0 Å². The molecule has 2 unspecified atom stereocenters. The quantitative estimate of drug-likeness (QED) is 0.781. The lowest BCUT2D eigenvalue weighted by Gasteiger charge is -2.34. The highest BCUT2D eigenvalue weighted by molar-refractivity contribution is 5.85. The van der Waals surface area contributed by atoms with Crippen LogP contribution in [0.1, 0.15) is 19.8 Å². The molecule has 2 heterocycles. The van der Waals surface area contributed by atoms with Crippen molar-refractivity contribution >= 4 is 18.3 Å². The van der Waals surface area contributed by atoms with Crippen molar-refractivity contribution in [3.63, 3.8) is 0 Å². The molecular formula is C11H21ClN2O2. The number of halogens is 1. The number of nitrogens with one attached hydrogen (secondary N) is 1. The van der Waals surface area contributed by atoms with Gasteiger partial charge in [0.2, 0.25) is 5.91 Å². The molecule has 5 heteroatoms. The minimum absolute atomic E-state index is 0. The van der Waals surface area contributed by atoms with E-state index in [0.29, 0.717) is 24.3 Å². The van der Waals surface area contributed by atoms with Gasteiger partial charge in [-0.15, -0.1) is 12.4 Å². The lowest BCUT2D eigenvalue weighted by atomic mass is 10.0. The van der Waals surface area contributed by atoms with Crippen LogP contribution in [0, 0.1) is 5.92 Å². The highest BCUT2D eigenvalue weighted by atomic mass is 35.5. The van der Waals surface area contributed by atoms with Gasteiger partial charge in [0, 0.05) is 45.3 Å². The van der Waals surface area contributed by atoms with E-state index in [-0.39, 0.29) is 12.4 Å². The molecule has 0 bridgehead atoms. The zero-order chi connectivity index (χ0) is 10.7. The Labute approximate surface area is 103 Å². The van der Waals surface area contributed by atoms with Crippen LogP contribution in [0.3, 0.4) is 0 Å². The van der Waals surface area contributed by atoms with Crippen molar-refractivity contribution in [2.45, 2.75) is 25.8 Å². The molecule has 2 fully saturated rings. The van der Waals surface area contributed by atoms with Crippen LogP contribution in [-0.2, 0) is 9.53 Å². The number of hydrogen-bond donors (Lipinski definition) is 1. The van der Waals surface area contributed by atoms with Gasteiger partial charge in [0.25, 0.3) is 0 Å². The number of carbonyl (C=O) groups excluding carboxylic acids is 1. The Hall–Kier alpha value is -0.320. The van der Waals surface area contributed by atoms with Crippen LogP contribution in [0.4, 0.5) is 0 Å². The van der Waals surface area contributed by atoms with E-state index in [1.165, 1.54) is 0 Å². The minimum atomic E-state index is 0. The van der Waals surface area contributed by atoms with E-state index in [0.717, 1.165) is 39.3 Å². The summed E-state index contributed by atoms with van der Waals surface area (Å²) in [4.78, 5) is 14.0. The molecule has 0 aromatic rings. The second-order valence-electron chi connectivity index (χ2n) is 4.57. The zero-order valence-electron chi connectivity index (χ0n) is 9.78. The van der Waals surface area contributed by atoms with Gasteiger partial charge in [-0.1, -0.05) is 0 Å². The average molecular weight is 249 g/mol. The summed E-state index contributed by atoms with van der Waals surface area (Å²) in [5, 5.41) is 3.29. The lowest BCUT2D eigenvalue weighted by Crippen LogP contribution is -2.52. The van der Waals surface area contributed by atoms with Gasteiger partial charge in [-0.2, -0.15) is 0 Å². The molecule has 0 aliphatic carbocycles. The zero-order valence-corrected chi connectivity index (χ0v) is 10.6. The van der Waals surface area contributed by atoms with Crippen molar-refractivity contribution in [2.24, 2.45) is 5.92 Å². The third-order valence-corrected chi connectivity index (χ3v) is 3.31. The van der Waals surface area contributed by atoms with Crippen molar-refractivity contribution < 1.29 is 9.53 Å². The van der Waals surface area contributed by atoms with Gasteiger partial charge in [0.05, 0.1) is 0 Å². The summed E-state index contributed by atoms with van der Waals surface area (Å²) in [5.74, 6) is 0.763. The number of carbonyl (C=O) groups is 1. The Kier molecular flexibility index (Phi) is 5.52. The number of nitrogens with zero attached hydrogens (tertiary/aromatic N) is 1. The highest BCUT2D eigenvalue weighted by Crippen LogP contribution is 2.18. The number of piperazine rings is 1. The fraction of sp³-hybridized carbons (Fsp3) is 0.909. The summed E-state index contributed by atoms with van der Waals surface area (Å²) in [6.45, 7) is 6.41. The molecule has 0 spiro atoms. The molecule has 2 aliphatic rings. The van der Waals surface area contributed by atoms with Crippen LogP contribution in [-0.4, -0.2) is 49.7 Å². The maximum atomic E-state index is 12.0. The molecule has 4 nitrogen and oxygen atoms in total. The van der Waals surface area contributed by atoms with E-state index in [1.54, 1.807) is 0 Å².